The number of methoxy groups -OCH3 is 1. The first-order chi connectivity index (χ1) is 16.9. The molecule has 0 amide bonds. The molecule has 0 spiro atoms. The quantitative estimate of drug-likeness (QED) is 0.323. The van der Waals surface area contributed by atoms with Crippen molar-refractivity contribution in [3.05, 3.63) is 60.9 Å². The van der Waals surface area contributed by atoms with Gasteiger partial charge in [-0.3, -0.25) is 9.71 Å². The van der Waals surface area contributed by atoms with Crippen LogP contribution in [0.3, 0.4) is 0 Å². The van der Waals surface area contributed by atoms with Crippen molar-refractivity contribution >= 4 is 32.3 Å². The van der Waals surface area contributed by atoms with Crippen molar-refractivity contribution in [2.75, 3.05) is 23.3 Å². The topological polar surface area (TPSA) is 99.2 Å². The summed E-state index contributed by atoms with van der Waals surface area (Å²) in [5.74, 6) is 0.872. The molecule has 3 N–H and O–H groups in total. The molecule has 182 valence electrons. The number of benzene rings is 2. The Morgan fingerprint density at radius 3 is 2.51 bits per heavy atom. The number of hydrogen-bond donors (Lipinski definition) is 2. The predicted octanol–water partition coefficient (Wildman–Crippen LogP) is 5.84. The Hall–Kier alpha value is -3.52. The maximum Gasteiger partial charge on any atom is 0.232 e. The summed E-state index contributed by atoms with van der Waals surface area (Å²) in [6, 6.07) is 16.0. The molecule has 4 aromatic rings. The zero-order valence-electron chi connectivity index (χ0n) is 20.0. The highest BCUT2D eigenvalue weighted by atomic mass is 32.2. The fourth-order valence-corrected chi connectivity index (χ4v) is 5.93. The van der Waals surface area contributed by atoms with Gasteiger partial charge in [0, 0.05) is 40.6 Å². The number of ether oxygens (including phenoxy) is 1. The normalized spacial score (nSPS) is 14.1. The second-order valence-electron chi connectivity index (χ2n) is 9.02. The van der Waals surface area contributed by atoms with Crippen LogP contribution in [-0.2, 0) is 10.0 Å². The number of hydrogen-bond acceptors (Lipinski definition) is 5. The van der Waals surface area contributed by atoms with Gasteiger partial charge in [-0.25, -0.2) is 8.42 Å². The lowest BCUT2D eigenvalue weighted by atomic mass is 9.92. The van der Waals surface area contributed by atoms with E-state index in [4.69, 9.17) is 10.5 Å². The fraction of sp³-hybridized carbons (Fsp3) is 0.296. The second-order valence-corrected chi connectivity index (χ2v) is 10.9. The Kier molecular flexibility index (Phi) is 6.15. The molecule has 2 aromatic carbocycles. The third-order valence-corrected chi connectivity index (χ3v) is 8.19. The van der Waals surface area contributed by atoms with Crippen molar-refractivity contribution in [2.24, 2.45) is 0 Å². The van der Waals surface area contributed by atoms with Gasteiger partial charge >= 0.3 is 0 Å². The van der Waals surface area contributed by atoms with Crippen LogP contribution < -0.4 is 15.2 Å². The van der Waals surface area contributed by atoms with Gasteiger partial charge in [0.1, 0.15) is 5.75 Å². The number of aromatic nitrogens is 2. The van der Waals surface area contributed by atoms with E-state index in [1.165, 1.54) is 6.42 Å². The average molecular weight is 491 g/mol. The molecule has 7 nitrogen and oxygen atoms in total. The molecule has 1 saturated carbocycles. The van der Waals surface area contributed by atoms with Crippen LogP contribution in [0.1, 0.15) is 38.6 Å². The van der Waals surface area contributed by atoms with E-state index in [1.807, 2.05) is 31.3 Å². The largest absolute Gasteiger partial charge is 0.496 e. The van der Waals surface area contributed by atoms with Gasteiger partial charge in [0.25, 0.3) is 0 Å². The van der Waals surface area contributed by atoms with Crippen molar-refractivity contribution < 1.29 is 13.2 Å². The summed E-state index contributed by atoms with van der Waals surface area (Å²) in [6.45, 7) is 1.85. The van der Waals surface area contributed by atoms with E-state index in [0.717, 1.165) is 57.6 Å². The number of sulfonamides is 1. The summed E-state index contributed by atoms with van der Waals surface area (Å²) < 4.78 is 34.9. The van der Waals surface area contributed by atoms with Crippen molar-refractivity contribution in [1.29, 1.82) is 0 Å². The van der Waals surface area contributed by atoms with Crippen LogP contribution in [0, 0.1) is 0 Å². The molecule has 0 saturated heterocycles. The van der Waals surface area contributed by atoms with Gasteiger partial charge in [0.15, 0.2) is 0 Å². The third kappa shape index (κ3) is 4.34. The number of rotatable bonds is 8. The lowest BCUT2D eigenvalue weighted by Crippen LogP contribution is -2.18. The smallest absolute Gasteiger partial charge is 0.232 e. The molecule has 1 fully saturated rings. The van der Waals surface area contributed by atoms with Crippen LogP contribution in [0.4, 0.5) is 11.4 Å². The minimum Gasteiger partial charge on any atom is -0.496 e. The number of anilines is 2. The van der Waals surface area contributed by atoms with Crippen LogP contribution in [0.5, 0.6) is 5.75 Å². The fourth-order valence-electron chi connectivity index (χ4n) is 4.79. The molecule has 2 aromatic heterocycles. The Morgan fingerprint density at radius 2 is 1.86 bits per heavy atom. The van der Waals surface area contributed by atoms with Crippen LogP contribution in [0.15, 0.2) is 60.9 Å². The number of nitrogen functional groups attached to an aromatic ring is 1. The third-order valence-electron chi connectivity index (χ3n) is 6.70. The molecule has 8 heteroatoms. The van der Waals surface area contributed by atoms with Crippen molar-refractivity contribution in [2.45, 2.75) is 38.6 Å². The molecular formula is C27H30N4O3S. The molecule has 0 unspecified atom stereocenters. The number of fused-ring (bicyclic) bond motifs is 1. The Bertz CT molecular complexity index is 1470. The van der Waals surface area contributed by atoms with E-state index >= 15 is 0 Å². The van der Waals surface area contributed by atoms with E-state index in [0.29, 0.717) is 18.2 Å². The molecule has 35 heavy (non-hydrogen) atoms. The van der Waals surface area contributed by atoms with Crippen LogP contribution in [0.2, 0.25) is 0 Å². The zero-order valence-corrected chi connectivity index (χ0v) is 20.8. The monoisotopic (exact) mass is 490 g/mol. The summed E-state index contributed by atoms with van der Waals surface area (Å²) in [5.41, 5.74) is 13.0. The van der Waals surface area contributed by atoms with E-state index < -0.39 is 10.0 Å². The van der Waals surface area contributed by atoms with Gasteiger partial charge in [-0.1, -0.05) is 31.2 Å². The highest BCUT2D eigenvalue weighted by Gasteiger charge is 2.27. The SMILES string of the molecule is CCCS(=O)(=O)Nc1ccc(-c2c(N)c3ccc(-c4cnccc4OC)cc3n2C2CCC2)cc1. The maximum absolute atomic E-state index is 12.2. The van der Waals surface area contributed by atoms with Gasteiger partial charge in [0.2, 0.25) is 10.0 Å². The Morgan fingerprint density at radius 1 is 1.11 bits per heavy atom. The average Bonchev–Trinajstić information content (AvgIpc) is 3.09. The van der Waals surface area contributed by atoms with Gasteiger partial charge in [-0.15, -0.1) is 0 Å². The summed E-state index contributed by atoms with van der Waals surface area (Å²) in [6.07, 6.45) is 7.51. The number of pyridine rings is 1. The van der Waals surface area contributed by atoms with Crippen LogP contribution >= 0.6 is 0 Å². The molecular weight excluding hydrogens is 460 g/mol. The highest BCUT2D eigenvalue weighted by molar-refractivity contribution is 7.92. The van der Waals surface area contributed by atoms with Gasteiger partial charge in [0.05, 0.1) is 29.8 Å². The molecule has 0 aliphatic heterocycles. The van der Waals surface area contributed by atoms with E-state index in [9.17, 15) is 8.42 Å². The Balaban J connectivity index is 1.61. The van der Waals surface area contributed by atoms with E-state index in [2.05, 4.69) is 32.5 Å². The summed E-state index contributed by atoms with van der Waals surface area (Å²) in [7, 11) is -1.68. The number of nitrogens with one attached hydrogen (secondary N) is 1. The number of nitrogens with two attached hydrogens (primary N) is 1. The molecule has 0 bridgehead atoms. The summed E-state index contributed by atoms with van der Waals surface area (Å²) >= 11 is 0. The minimum absolute atomic E-state index is 0.0989. The lowest BCUT2D eigenvalue weighted by molar-refractivity contribution is 0.324. The summed E-state index contributed by atoms with van der Waals surface area (Å²) in [5, 5.41) is 1.01. The molecule has 1 aliphatic rings. The molecule has 5 rings (SSSR count). The van der Waals surface area contributed by atoms with Crippen molar-refractivity contribution in [1.82, 2.24) is 9.55 Å². The summed E-state index contributed by atoms with van der Waals surface area (Å²) in [4.78, 5) is 4.29. The van der Waals surface area contributed by atoms with Crippen LogP contribution in [-0.4, -0.2) is 30.8 Å². The van der Waals surface area contributed by atoms with Gasteiger partial charge < -0.3 is 15.0 Å². The Labute approximate surface area is 206 Å². The molecule has 2 heterocycles. The van der Waals surface area contributed by atoms with E-state index in [1.54, 1.807) is 25.4 Å². The first kappa shape index (κ1) is 23.2. The highest BCUT2D eigenvalue weighted by Crippen LogP contribution is 2.45. The van der Waals surface area contributed by atoms with Crippen molar-refractivity contribution in [3.8, 4) is 28.1 Å². The van der Waals surface area contributed by atoms with Gasteiger partial charge in [-0.05, 0) is 55.5 Å². The standard InChI is InChI=1S/C27H30N4O3S/c1-3-15-35(32,33)30-20-10-7-18(8-11-20)27-26(28)22-12-9-19(23-17-29-14-13-25(23)34-2)16-24(22)31(27)21-5-4-6-21/h7-14,16-17,21,30H,3-6,15,28H2,1-2H3. The molecule has 1 aliphatic carbocycles. The minimum atomic E-state index is -3.34. The van der Waals surface area contributed by atoms with Crippen molar-refractivity contribution in [3.63, 3.8) is 0 Å². The first-order valence-corrected chi connectivity index (χ1v) is 13.6. The molecule has 0 atom stereocenters. The van der Waals surface area contributed by atoms with Gasteiger partial charge in [-0.2, -0.15) is 0 Å². The van der Waals surface area contributed by atoms with E-state index in [-0.39, 0.29) is 5.75 Å². The lowest BCUT2D eigenvalue weighted by Gasteiger charge is -2.30. The second kappa shape index (κ2) is 9.26. The molecule has 0 radical (unpaired) electrons. The van der Waals surface area contributed by atoms with Crippen LogP contribution in [0.25, 0.3) is 33.3 Å². The zero-order chi connectivity index (χ0) is 24.6. The maximum atomic E-state index is 12.2. The first-order valence-electron chi connectivity index (χ1n) is 11.9. The number of nitrogens with zero attached hydrogens (tertiary/aromatic N) is 2. The predicted molar refractivity (Wildman–Crippen MR) is 142 cm³/mol.